The van der Waals surface area contributed by atoms with Gasteiger partial charge in [-0.3, -0.25) is 4.98 Å². The molecular weight excluding hydrogens is 384 g/mol. The number of nitrogens with zero attached hydrogens (tertiary/aromatic N) is 2. The van der Waals surface area contributed by atoms with Crippen LogP contribution in [0.1, 0.15) is 0 Å². The fourth-order valence-electron chi connectivity index (χ4n) is 0.439. The molecule has 0 radical (unpaired) electrons. The van der Waals surface area contributed by atoms with Gasteiger partial charge in [0.1, 0.15) is 0 Å². The SMILES string of the molecule is CSc1nccc([NH-])n1.[CH3-].[U+2]. The van der Waals surface area contributed by atoms with Gasteiger partial charge in [0.25, 0.3) is 0 Å². The van der Waals surface area contributed by atoms with Gasteiger partial charge < -0.3 is 18.1 Å². The van der Waals surface area contributed by atoms with E-state index in [9.17, 15) is 0 Å². The average molecular weight is 393 g/mol. The molecule has 0 bridgehead atoms. The Balaban J connectivity index is 0. The van der Waals surface area contributed by atoms with Crippen molar-refractivity contribution in [3.05, 3.63) is 25.4 Å². The Morgan fingerprint density at radius 1 is 1.55 bits per heavy atom. The molecule has 0 fully saturated rings. The van der Waals surface area contributed by atoms with Crippen LogP contribution in [0.5, 0.6) is 0 Å². The average Bonchev–Trinajstić information content (AvgIpc) is 1.88. The van der Waals surface area contributed by atoms with Crippen LogP contribution in [0.25, 0.3) is 5.73 Å². The first kappa shape index (κ1) is 13.8. The van der Waals surface area contributed by atoms with Gasteiger partial charge >= 0.3 is 31.1 Å². The van der Waals surface area contributed by atoms with E-state index in [4.69, 9.17) is 5.73 Å². The number of hydrogen-bond acceptors (Lipinski definition) is 3. The van der Waals surface area contributed by atoms with Crippen molar-refractivity contribution in [2.24, 2.45) is 0 Å². The van der Waals surface area contributed by atoms with E-state index in [1.807, 2.05) is 6.26 Å². The Morgan fingerprint density at radius 3 is 2.55 bits per heavy atom. The summed E-state index contributed by atoms with van der Waals surface area (Å²) >= 11 is 1.44. The molecule has 1 rings (SSSR count). The number of thioether (sulfide) groups is 1. The van der Waals surface area contributed by atoms with Gasteiger partial charge in [0.05, 0.1) is 5.16 Å². The van der Waals surface area contributed by atoms with Gasteiger partial charge in [0.15, 0.2) is 0 Å². The molecule has 0 amide bonds. The van der Waals surface area contributed by atoms with E-state index >= 15 is 0 Å². The van der Waals surface area contributed by atoms with E-state index in [0.29, 0.717) is 5.16 Å². The first-order valence-corrected chi connectivity index (χ1v) is 3.64. The quantitative estimate of drug-likeness (QED) is 0.418. The maximum atomic E-state index is 7.07. The van der Waals surface area contributed by atoms with Crippen molar-refractivity contribution in [2.75, 3.05) is 6.26 Å². The normalized spacial score (nSPS) is 7.73. The predicted octanol–water partition coefficient (Wildman–Crippen LogP) is 2.33. The predicted molar refractivity (Wildman–Crippen MR) is 44.2 cm³/mol. The number of nitrogens with one attached hydrogen (secondary N) is 1. The molecule has 58 valence electrons. The van der Waals surface area contributed by atoms with Crippen molar-refractivity contribution >= 4 is 17.6 Å². The van der Waals surface area contributed by atoms with Crippen LogP contribution < -0.4 is 0 Å². The Kier molecular flexibility index (Phi) is 8.76. The zero-order valence-corrected chi connectivity index (χ0v) is 11.4. The molecule has 0 saturated heterocycles. The molecule has 0 aliphatic carbocycles. The van der Waals surface area contributed by atoms with Crippen LogP contribution in [-0.2, 0) is 0 Å². The molecule has 0 saturated carbocycles. The van der Waals surface area contributed by atoms with Gasteiger partial charge in [-0.25, -0.2) is 0 Å². The van der Waals surface area contributed by atoms with Crippen LogP contribution in [0.2, 0.25) is 0 Å². The third-order valence-corrected chi connectivity index (χ3v) is 1.38. The summed E-state index contributed by atoms with van der Waals surface area (Å²) in [6.45, 7) is 0. The Hall–Kier alpha value is 0.282. The largest absolute Gasteiger partial charge is 2.00 e. The summed E-state index contributed by atoms with van der Waals surface area (Å²) in [7, 11) is 0. The summed E-state index contributed by atoms with van der Waals surface area (Å²) in [5.41, 5.74) is 7.07. The molecule has 0 atom stereocenters. The zero-order valence-electron chi connectivity index (χ0n) is 6.46. The summed E-state index contributed by atoms with van der Waals surface area (Å²) < 4.78 is 0. The van der Waals surface area contributed by atoms with Crippen molar-refractivity contribution in [1.29, 1.82) is 0 Å². The van der Waals surface area contributed by atoms with Gasteiger partial charge in [-0.2, -0.15) is 0 Å². The summed E-state index contributed by atoms with van der Waals surface area (Å²) in [5, 5.41) is 0.655. The van der Waals surface area contributed by atoms with E-state index in [1.165, 1.54) is 11.8 Å². The van der Waals surface area contributed by atoms with Crippen molar-refractivity contribution < 1.29 is 31.1 Å². The van der Waals surface area contributed by atoms with Crippen LogP contribution >= 0.6 is 11.8 Å². The maximum absolute atomic E-state index is 7.07. The van der Waals surface area contributed by atoms with E-state index in [2.05, 4.69) is 9.97 Å². The first-order chi connectivity index (χ1) is 4.33. The van der Waals surface area contributed by atoms with Gasteiger partial charge in [0, 0.05) is 6.20 Å². The molecule has 0 aromatic carbocycles. The molecule has 0 aliphatic rings. The molecule has 1 heterocycles. The smallest absolute Gasteiger partial charge is 0.482 e. The number of hydrogen-bond donors (Lipinski definition) is 0. The van der Waals surface area contributed by atoms with Crippen molar-refractivity contribution in [1.82, 2.24) is 9.97 Å². The van der Waals surface area contributed by atoms with Crippen LogP contribution in [0.15, 0.2) is 17.4 Å². The topological polar surface area (TPSA) is 49.6 Å². The van der Waals surface area contributed by atoms with Gasteiger partial charge in [-0.1, -0.05) is 5.82 Å². The molecule has 0 unspecified atom stereocenters. The third kappa shape index (κ3) is 4.68. The molecule has 0 spiro atoms. The van der Waals surface area contributed by atoms with Crippen LogP contribution in [0, 0.1) is 38.5 Å². The van der Waals surface area contributed by atoms with E-state index in [0.717, 1.165) is 0 Å². The molecule has 1 N–H and O–H groups in total. The van der Waals surface area contributed by atoms with Crippen molar-refractivity contribution in [3.8, 4) is 0 Å². The molecule has 11 heavy (non-hydrogen) atoms. The zero-order chi connectivity index (χ0) is 6.69. The molecular formula is C6H9N3SU. The second-order valence-corrected chi connectivity index (χ2v) is 2.20. The van der Waals surface area contributed by atoms with Gasteiger partial charge in [0.2, 0.25) is 0 Å². The second kappa shape index (κ2) is 6.96. The Morgan fingerprint density at radius 2 is 2.18 bits per heavy atom. The molecule has 1 aromatic rings. The van der Waals surface area contributed by atoms with Crippen molar-refractivity contribution in [2.45, 2.75) is 5.16 Å². The van der Waals surface area contributed by atoms with Gasteiger partial charge in [-0.05, 0) is 12.3 Å². The summed E-state index contributed by atoms with van der Waals surface area (Å²) in [6, 6.07) is 1.56. The van der Waals surface area contributed by atoms with E-state index in [-0.39, 0.29) is 44.4 Å². The van der Waals surface area contributed by atoms with Crippen LogP contribution in [0.4, 0.5) is 5.82 Å². The minimum atomic E-state index is 0. The van der Waals surface area contributed by atoms with Gasteiger partial charge in [-0.15, -0.1) is 11.8 Å². The Bertz CT molecular complexity index is 207. The van der Waals surface area contributed by atoms with Crippen LogP contribution in [-0.4, -0.2) is 16.2 Å². The minimum absolute atomic E-state index is 0. The molecule has 0 aliphatic heterocycles. The fourth-order valence-corrected chi connectivity index (χ4v) is 0.795. The first-order valence-electron chi connectivity index (χ1n) is 2.41. The second-order valence-electron chi connectivity index (χ2n) is 1.43. The van der Waals surface area contributed by atoms with Crippen LogP contribution in [0.3, 0.4) is 0 Å². The fraction of sp³-hybridized carbons (Fsp3) is 0.167. The standard InChI is InChI=1S/C5H6N3S.CH3.U/c1-9-5-7-3-2-4(6)8-5;;/h2-3H,1H3,(H-,6,7,8);1H3;/q2*-1;+2. The molecule has 1 aromatic heterocycles. The summed E-state index contributed by atoms with van der Waals surface area (Å²) in [4.78, 5) is 7.70. The maximum Gasteiger partial charge on any atom is 2.00 e. The molecule has 5 heteroatoms. The number of rotatable bonds is 1. The minimum Gasteiger partial charge on any atom is -0.482 e. The third-order valence-electron chi connectivity index (χ3n) is 0.816. The Labute approximate surface area is 94.9 Å². The summed E-state index contributed by atoms with van der Waals surface area (Å²) in [5.74, 6) is 0.273. The van der Waals surface area contributed by atoms with E-state index in [1.54, 1.807) is 12.3 Å². The number of aromatic nitrogens is 2. The monoisotopic (exact) mass is 393 g/mol. The molecule has 3 nitrogen and oxygen atoms in total. The van der Waals surface area contributed by atoms with Crippen molar-refractivity contribution in [3.63, 3.8) is 0 Å². The summed E-state index contributed by atoms with van der Waals surface area (Å²) in [6.07, 6.45) is 3.47. The van der Waals surface area contributed by atoms with E-state index < -0.39 is 0 Å².